The molecule has 0 fully saturated rings. The third-order valence-corrected chi connectivity index (χ3v) is 2.85. The van der Waals surface area contributed by atoms with Crippen molar-refractivity contribution in [3.63, 3.8) is 0 Å². The molecule has 17 heavy (non-hydrogen) atoms. The summed E-state index contributed by atoms with van der Waals surface area (Å²) in [5.41, 5.74) is 0.835. The number of carbonyl (C=O) groups excluding carboxylic acids is 1. The fourth-order valence-electron chi connectivity index (χ4n) is 1.24. The van der Waals surface area contributed by atoms with Crippen LogP contribution in [0, 0.1) is 5.95 Å². The van der Waals surface area contributed by atoms with Gasteiger partial charge in [-0.2, -0.15) is 4.39 Å². The van der Waals surface area contributed by atoms with Gasteiger partial charge in [-0.25, -0.2) is 14.8 Å². The van der Waals surface area contributed by atoms with Crippen LogP contribution in [0.1, 0.15) is 17.4 Å². The van der Waals surface area contributed by atoms with Crippen molar-refractivity contribution in [2.24, 2.45) is 0 Å². The van der Waals surface area contributed by atoms with E-state index in [4.69, 9.17) is 4.74 Å². The number of rotatable bonds is 3. The molecule has 2 heterocycles. The minimum Gasteiger partial charge on any atom is -0.461 e. The second kappa shape index (κ2) is 5.01. The molecule has 0 aromatic carbocycles. The first-order chi connectivity index (χ1) is 8.20. The number of esters is 1. The number of carbonyl (C=O) groups is 1. The summed E-state index contributed by atoms with van der Waals surface area (Å²) in [4.78, 5) is 18.9. The van der Waals surface area contributed by atoms with Gasteiger partial charge < -0.3 is 4.74 Å². The summed E-state index contributed by atoms with van der Waals surface area (Å²) in [6, 6.07) is 2.91. The SMILES string of the molecule is CCOC(=O)c1csc(-c2ccnc(F)c2)n1. The maximum Gasteiger partial charge on any atom is 0.357 e. The molecule has 0 aliphatic carbocycles. The summed E-state index contributed by atoms with van der Waals surface area (Å²) in [7, 11) is 0. The van der Waals surface area contributed by atoms with Gasteiger partial charge in [-0.3, -0.25) is 0 Å². The molecule has 0 unspecified atom stereocenters. The average molecular weight is 252 g/mol. The van der Waals surface area contributed by atoms with Crippen LogP contribution in [0.2, 0.25) is 0 Å². The van der Waals surface area contributed by atoms with Crippen molar-refractivity contribution in [3.8, 4) is 10.6 Å². The third kappa shape index (κ3) is 2.65. The normalized spacial score (nSPS) is 10.2. The molecule has 6 heteroatoms. The van der Waals surface area contributed by atoms with E-state index in [1.165, 1.54) is 23.6 Å². The lowest BCUT2D eigenvalue weighted by Crippen LogP contribution is -2.04. The molecule has 0 bridgehead atoms. The highest BCUT2D eigenvalue weighted by atomic mass is 32.1. The Bertz CT molecular complexity index is 542. The standard InChI is InChI=1S/C11H9FN2O2S/c1-2-16-11(15)8-6-17-10(14-8)7-3-4-13-9(12)5-7/h3-6H,2H2,1H3. The smallest absolute Gasteiger partial charge is 0.357 e. The lowest BCUT2D eigenvalue weighted by molar-refractivity contribution is 0.0520. The minimum absolute atomic E-state index is 0.240. The molecule has 4 nitrogen and oxygen atoms in total. The van der Waals surface area contributed by atoms with Gasteiger partial charge in [-0.15, -0.1) is 11.3 Å². The fraction of sp³-hybridized carbons (Fsp3) is 0.182. The monoisotopic (exact) mass is 252 g/mol. The zero-order valence-corrected chi connectivity index (χ0v) is 9.83. The summed E-state index contributed by atoms with van der Waals surface area (Å²) in [6.07, 6.45) is 1.36. The Kier molecular flexibility index (Phi) is 3.43. The Labute approximate surface area is 101 Å². The van der Waals surface area contributed by atoms with E-state index in [1.54, 1.807) is 18.4 Å². The molecule has 0 saturated heterocycles. The fourth-order valence-corrected chi connectivity index (χ4v) is 2.03. The first kappa shape index (κ1) is 11.7. The summed E-state index contributed by atoms with van der Waals surface area (Å²) in [5, 5.41) is 2.15. The summed E-state index contributed by atoms with van der Waals surface area (Å²) >= 11 is 1.26. The van der Waals surface area contributed by atoms with Gasteiger partial charge in [0.1, 0.15) is 5.01 Å². The topological polar surface area (TPSA) is 52.1 Å². The number of ether oxygens (including phenoxy) is 1. The predicted octanol–water partition coefficient (Wildman–Crippen LogP) is 2.52. The van der Waals surface area contributed by atoms with E-state index in [2.05, 4.69) is 9.97 Å². The van der Waals surface area contributed by atoms with E-state index in [0.717, 1.165) is 0 Å². The Balaban J connectivity index is 2.27. The third-order valence-electron chi connectivity index (χ3n) is 1.96. The van der Waals surface area contributed by atoms with Crippen molar-refractivity contribution in [1.29, 1.82) is 0 Å². The number of thiazole rings is 1. The van der Waals surface area contributed by atoms with Crippen LogP contribution in [0.3, 0.4) is 0 Å². The van der Waals surface area contributed by atoms with Gasteiger partial charge in [0.05, 0.1) is 6.61 Å². The van der Waals surface area contributed by atoms with Crippen molar-refractivity contribution in [3.05, 3.63) is 35.4 Å². The maximum absolute atomic E-state index is 12.9. The molecule has 0 aliphatic rings. The first-order valence-corrected chi connectivity index (χ1v) is 5.83. The zero-order chi connectivity index (χ0) is 12.3. The van der Waals surface area contributed by atoms with Gasteiger partial charge in [0.15, 0.2) is 5.69 Å². The van der Waals surface area contributed by atoms with Crippen molar-refractivity contribution >= 4 is 17.3 Å². The largest absolute Gasteiger partial charge is 0.461 e. The zero-order valence-electron chi connectivity index (χ0n) is 9.01. The number of halogens is 1. The van der Waals surface area contributed by atoms with Crippen LogP contribution in [0.15, 0.2) is 23.7 Å². The Hall–Kier alpha value is -1.82. The van der Waals surface area contributed by atoms with Gasteiger partial charge in [0.2, 0.25) is 5.95 Å². The van der Waals surface area contributed by atoms with Crippen molar-refractivity contribution < 1.29 is 13.9 Å². The van der Waals surface area contributed by atoms with Crippen LogP contribution in [-0.4, -0.2) is 22.5 Å². The van der Waals surface area contributed by atoms with E-state index < -0.39 is 11.9 Å². The molecule has 0 aliphatic heterocycles. The molecule has 0 amide bonds. The molecule has 2 rings (SSSR count). The van der Waals surface area contributed by atoms with Gasteiger partial charge in [0, 0.05) is 23.2 Å². The number of hydrogen-bond acceptors (Lipinski definition) is 5. The van der Waals surface area contributed by atoms with Crippen LogP contribution in [0.5, 0.6) is 0 Å². The van der Waals surface area contributed by atoms with Gasteiger partial charge in [-0.1, -0.05) is 0 Å². The number of pyridine rings is 1. The molecular weight excluding hydrogens is 243 g/mol. The van der Waals surface area contributed by atoms with E-state index in [0.29, 0.717) is 17.2 Å². The molecule has 0 saturated carbocycles. The lowest BCUT2D eigenvalue weighted by atomic mass is 10.3. The first-order valence-electron chi connectivity index (χ1n) is 4.95. The molecule has 0 spiro atoms. The molecule has 0 atom stereocenters. The molecule has 0 N–H and O–H groups in total. The number of nitrogens with zero attached hydrogens (tertiary/aromatic N) is 2. The quantitative estimate of drug-likeness (QED) is 0.622. The predicted molar refractivity (Wildman–Crippen MR) is 61.3 cm³/mol. The number of hydrogen-bond donors (Lipinski definition) is 0. The highest BCUT2D eigenvalue weighted by molar-refractivity contribution is 7.13. The van der Waals surface area contributed by atoms with Crippen molar-refractivity contribution in [2.45, 2.75) is 6.92 Å². The Morgan fingerprint density at radius 1 is 1.59 bits per heavy atom. The summed E-state index contributed by atoms with van der Waals surface area (Å²) in [5.74, 6) is -1.04. The average Bonchev–Trinajstić information content (AvgIpc) is 2.78. The Morgan fingerprint density at radius 2 is 2.41 bits per heavy atom. The second-order valence-corrected chi connectivity index (χ2v) is 3.98. The van der Waals surface area contributed by atoms with Crippen LogP contribution in [0.25, 0.3) is 10.6 Å². The molecule has 2 aromatic heterocycles. The molecule has 2 aromatic rings. The van der Waals surface area contributed by atoms with Crippen molar-refractivity contribution in [1.82, 2.24) is 9.97 Å². The van der Waals surface area contributed by atoms with Crippen molar-refractivity contribution in [2.75, 3.05) is 6.61 Å². The van der Waals surface area contributed by atoms with Gasteiger partial charge in [0.25, 0.3) is 0 Å². The van der Waals surface area contributed by atoms with Gasteiger partial charge >= 0.3 is 5.97 Å². The van der Waals surface area contributed by atoms with Gasteiger partial charge in [-0.05, 0) is 13.0 Å². The number of aromatic nitrogens is 2. The highest BCUT2D eigenvalue weighted by Crippen LogP contribution is 2.23. The second-order valence-electron chi connectivity index (χ2n) is 3.13. The van der Waals surface area contributed by atoms with E-state index in [-0.39, 0.29) is 5.69 Å². The Morgan fingerprint density at radius 3 is 3.12 bits per heavy atom. The molecule has 0 radical (unpaired) electrons. The van der Waals surface area contributed by atoms with Crippen LogP contribution in [0.4, 0.5) is 4.39 Å². The lowest BCUT2D eigenvalue weighted by Gasteiger charge is -1.97. The maximum atomic E-state index is 12.9. The van der Waals surface area contributed by atoms with Crippen LogP contribution >= 0.6 is 11.3 Å². The van der Waals surface area contributed by atoms with Crippen LogP contribution in [-0.2, 0) is 4.74 Å². The van der Waals surface area contributed by atoms with E-state index in [1.807, 2.05) is 0 Å². The summed E-state index contributed by atoms with van der Waals surface area (Å²) < 4.78 is 17.7. The summed E-state index contributed by atoms with van der Waals surface area (Å²) in [6.45, 7) is 2.03. The van der Waals surface area contributed by atoms with E-state index >= 15 is 0 Å². The minimum atomic E-state index is -0.574. The molecule has 88 valence electrons. The highest BCUT2D eigenvalue weighted by Gasteiger charge is 2.12. The molecular formula is C11H9FN2O2S. The van der Waals surface area contributed by atoms with Crippen LogP contribution < -0.4 is 0 Å². The van der Waals surface area contributed by atoms with E-state index in [9.17, 15) is 9.18 Å².